The van der Waals surface area contributed by atoms with Crippen molar-refractivity contribution in [1.29, 1.82) is 0 Å². The molecule has 30 heavy (non-hydrogen) atoms. The minimum absolute atomic E-state index is 0.0231. The van der Waals surface area contributed by atoms with Gasteiger partial charge < -0.3 is 9.47 Å². The Morgan fingerprint density at radius 2 is 2.20 bits per heavy atom. The lowest BCUT2D eigenvalue weighted by Gasteiger charge is -2.33. The molecule has 1 aromatic heterocycles. The number of piperidine rings is 1. The second-order valence-corrected chi connectivity index (χ2v) is 10.9. The summed E-state index contributed by atoms with van der Waals surface area (Å²) >= 11 is 1.44. The van der Waals surface area contributed by atoms with E-state index >= 15 is 0 Å². The number of ether oxygens (including phenoxy) is 2. The van der Waals surface area contributed by atoms with Gasteiger partial charge in [0, 0.05) is 19.7 Å². The molecule has 1 aromatic carbocycles. The lowest BCUT2D eigenvalue weighted by atomic mass is 9.98. The summed E-state index contributed by atoms with van der Waals surface area (Å²) in [5.41, 5.74) is 0.808. The van der Waals surface area contributed by atoms with Crippen molar-refractivity contribution in [2.45, 2.75) is 31.8 Å². The molecule has 2 aromatic rings. The Balaban J connectivity index is 1.63. The summed E-state index contributed by atoms with van der Waals surface area (Å²) in [6, 6.07) is 5.65. The third-order valence-electron chi connectivity index (χ3n) is 5.69. The molecule has 10 heteroatoms. The lowest BCUT2D eigenvalue weighted by molar-refractivity contribution is -0.123. The molecule has 0 aliphatic carbocycles. The van der Waals surface area contributed by atoms with Crippen molar-refractivity contribution in [3.05, 3.63) is 18.2 Å². The van der Waals surface area contributed by atoms with Crippen molar-refractivity contribution in [1.82, 2.24) is 9.29 Å². The van der Waals surface area contributed by atoms with Crippen molar-refractivity contribution < 1.29 is 22.7 Å². The summed E-state index contributed by atoms with van der Waals surface area (Å²) in [7, 11) is -1.70. The Labute approximate surface area is 180 Å². The Morgan fingerprint density at radius 1 is 1.37 bits per heavy atom. The normalized spacial score (nSPS) is 23.0. The molecule has 0 bridgehead atoms. The Morgan fingerprint density at radius 3 is 2.90 bits per heavy atom. The third kappa shape index (κ3) is 4.61. The molecule has 0 N–H and O–H groups in total. The highest BCUT2D eigenvalue weighted by Crippen LogP contribution is 2.34. The van der Waals surface area contributed by atoms with E-state index in [-0.39, 0.29) is 24.5 Å². The molecule has 4 rings (SSSR count). The van der Waals surface area contributed by atoms with E-state index in [2.05, 4.69) is 0 Å². The largest absolute Gasteiger partial charge is 0.497 e. The third-order valence-corrected chi connectivity index (χ3v) is 8.00. The van der Waals surface area contributed by atoms with Crippen molar-refractivity contribution >= 4 is 42.6 Å². The molecule has 3 heterocycles. The van der Waals surface area contributed by atoms with E-state index in [1.807, 2.05) is 18.2 Å². The first-order valence-electron chi connectivity index (χ1n) is 10.2. The standard InChI is InChI=1S/C20H27N3O5S2/c1-27-15-7-8-17-18(11-15)29-20(21-17)23(13-16-6-4-10-28-16)19(24)14-5-3-9-22(12-14)30(2,25)26/h7-8,11,14,16H,3-6,9-10,12-13H2,1-2H3. The van der Waals surface area contributed by atoms with Crippen LogP contribution in [-0.2, 0) is 19.6 Å². The van der Waals surface area contributed by atoms with Crippen LogP contribution in [0, 0.1) is 5.92 Å². The van der Waals surface area contributed by atoms with Gasteiger partial charge in [-0.2, -0.15) is 0 Å². The van der Waals surface area contributed by atoms with Gasteiger partial charge in [0.25, 0.3) is 0 Å². The molecule has 2 saturated heterocycles. The van der Waals surface area contributed by atoms with E-state index in [0.29, 0.717) is 37.7 Å². The van der Waals surface area contributed by atoms with Gasteiger partial charge in [-0.25, -0.2) is 17.7 Å². The number of thiazole rings is 1. The second-order valence-electron chi connectivity index (χ2n) is 7.87. The Hall–Kier alpha value is -1.75. The molecule has 2 atom stereocenters. The van der Waals surface area contributed by atoms with E-state index in [1.54, 1.807) is 12.0 Å². The van der Waals surface area contributed by atoms with E-state index in [4.69, 9.17) is 14.5 Å². The van der Waals surface area contributed by atoms with Gasteiger partial charge >= 0.3 is 0 Å². The summed E-state index contributed by atoms with van der Waals surface area (Å²) in [5.74, 6) is 0.284. The summed E-state index contributed by atoms with van der Waals surface area (Å²) in [5, 5.41) is 0.621. The van der Waals surface area contributed by atoms with Crippen molar-refractivity contribution in [3.8, 4) is 5.75 Å². The first-order chi connectivity index (χ1) is 14.3. The van der Waals surface area contributed by atoms with Crippen LogP contribution in [0.4, 0.5) is 5.13 Å². The van der Waals surface area contributed by atoms with E-state index in [9.17, 15) is 13.2 Å². The number of amides is 1. The van der Waals surface area contributed by atoms with E-state index < -0.39 is 10.0 Å². The number of methoxy groups -OCH3 is 1. The molecule has 1 amide bonds. The number of fused-ring (bicyclic) bond motifs is 1. The first-order valence-corrected chi connectivity index (χ1v) is 12.8. The molecule has 2 fully saturated rings. The van der Waals surface area contributed by atoms with Crippen LogP contribution in [-0.4, -0.2) is 69.3 Å². The van der Waals surface area contributed by atoms with Gasteiger partial charge in [-0.3, -0.25) is 9.69 Å². The fourth-order valence-corrected chi connectivity index (χ4v) is 5.98. The number of hydrogen-bond donors (Lipinski definition) is 0. The quantitative estimate of drug-likeness (QED) is 0.668. The molecule has 8 nitrogen and oxygen atoms in total. The van der Waals surface area contributed by atoms with E-state index in [1.165, 1.54) is 21.9 Å². The van der Waals surface area contributed by atoms with Crippen LogP contribution in [0.25, 0.3) is 10.2 Å². The number of sulfonamides is 1. The van der Waals surface area contributed by atoms with Crippen LogP contribution in [0.1, 0.15) is 25.7 Å². The molecular formula is C20H27N3O5S2. The fourth-order valence-electron chi connectivity index (χ4n) is 4.06. The molecular weight excluding hydrogens is 426 g/mol. The maximum atomic E-state index is 13.5. The van der Waals surface area contributed by atoms with Crippen molar-refractivity contribution in [3.63, 3.8) is 0 Å². The fraction of sp³-hybridized carbons (Fsp3) is 0.600. The van der Waals surface area contributed by atoms with Crippen LogP contribution in [0.3, 0.4) is 0 Å². The molecule has 2 aliphatic rings. The summed E-state index contributed by atoms with van der Waals surface area (Å²) in [4.78, 5) is 20.0. The number of anilines is 1. The van der Waals surface area contributed by atoms with Gasteiger partial charge in [0.1, 0.15) is 5.75 Å². The Bertz CT molecular complexity index is 1020. The summed E-state index contributed by atoms with van der Waals surface area (Å²) in [6.45, 7) is 1.83. The highest BCUT2D eigenvalue weighted by Gasteiger charge is 2.35. The average molecular weight is 454 g/mol. The summed E-state index contributed by atoms with van der Waals surface area (Å²) < 4.78 is 37.5. The number of hydrogen-bond acceptors (Lipinski definition) is 7. The van der Waals surface area contributed by atoms with Gasteiger partial charge in [-0.05, 0) is 43.9 Å². The van der Waals surface area contributed by atoms with Crippen molar-refractivity contribution in [2.24, 2.45) is 5.92 Å². The first kappa shape index (κ1) is 21.5. The maximum Gasteiger partial charge on any atom is 0.233 e. The molecule has 2 aliphatic heterocycles. The zero-order valence-corrected chi connectivity index (χ0v) is 18.9. The number of nitrogens with zero attached hydrogens (tertiary/aromatic N) is 3. The maximum absolute atomic E-state index is 13.5. The zero-order valence-electron chi connectivity index (χ0n) is 17.2. The number of aromatic nitrogens is 1. The average Bonchev–Trinajstić information content (AvgIpc) is 3.39. The molecule has 0 saturated carbocycles. The predicted octanol–water partition coefficient (Wildman–Crippen LogP) is 2.49. The smallest absolute Gasteiger partial charge is 0.233 e. The SMILES string of the molecule is COc1ccc2nc(N(CC3CCCO3)C(=O)C3CCCN(S(C)(=O)=O)C3)sc2c1. The monoisotopic (exact) mass is 453 g/mol. The zero-order chi connectivity index (χ0) is 21.3. The van der Waals surface area contributed by atoms with Crippen LogP contribution in [0.5, 0.6) is 5.75 Å². The highest BCUT2D eigenvalue weighted by molar-refractivity contribution is 7.88. The Kier molecular flexibility index (Phi) is 6.29. The van der Waals surface area contributed by atoms with Crippen LogP contribution >= 0.6 is 11.3 Å². The van der Waals surface area contributed by atoms with Gasteiger partial charge in [0.2, 0.25) is 15.9 Å². The van der Waals surface area contributed by atoms with Gasteiger partial charge in [-0.1, -0.05) is 11.3 Å². The summed E-state index contributed by atoms with van der Waals surface area (Å²) in [6.07, 6.45) is 4.41. The number of benzene rings is 1. The minimum Gasteiger partial charge on any atom is -0.497 e. The van der Waals surface area contributed by atoms with Crippen LogP contribution in [0.2, 0.25) is 0 Å². The van der Waals surface area contributed by atoms with Gasteiger partial charge in [0.15, 0.2) is 5.13 Å². The molecule has 0 spiro atoms. The van der Waals surface area contributed by atoms with E-state index in [0.717, 1.165) is 28.8 Å². The predicted molar refractivity (Wildman–Crippen MR) is 117 cm³/mol. The topological polar surface area (TPSA) is 89.0 Å². The van der Waals surface area contributed by atoms with Crippen molar-refractivity contribution in [2.75, 3.05) is 44.5 Å². The number of carbonyl (C=O) groups is 1. The molecule has 164 valence electrons. The van der Waals surface area contributed by atoms with Gasteiger partial charge in [-0.15, -0.1) is 0 Å². The number of carbonyl (C=O) groups excluding carboxylic acids is 1. The second kappa shape index (κ2) is 8.78. The van der Waals surface area contributed by atoms with Crippen LogP contribution in [0.15, 0.2) is 18.2 Å². The van der Waals surface area contributed by atoms with Crippen LogP contribution < -0.4 is 9.64 Å². The highest BCUT2D eigenvalue weighted by atomic mass is 32.2. The molecule has 2 unspecified atom stereocenters. The molecule has 0 radical (unpaired) electrons. The minimum atomic E-state index is -3.32. The lowest BCUT2D eigenvalue weighted by Crippen LogP contribution is -2.48. The van der Waals surface area contributed by atoms with Gasteiger partial charge in [0.05, 0.1) is 42.1 Å². The number of rotatable bonds is 6.